The highest BCUT2D eigenvalue weighted by atomic mass is 32.2. The lowest BCUT2D eigenvalue weighted by atomic mass is 9.77. The Bertz CT molecular complexity index is 414. The molecule has 1 aromatic rings. The fourth-order valence-electron chi connectivity index (χ4n) is 2.11. The number of hydrogen-bond acceptors (Lipinski definition) is 1. The summed E-state index contributed by atoms with van der Waals surface area (Å²) >= 11 is 1.96. The Morgan fingerprint density at radius 2 is 2.33 bits per heavy atom. The zero-order valence-electron chi connectivity index (χ0n) is 9.34. The molecule has 0 amide bonds. The Hall–Kier alpha value is -0.870. The molecule has 1 heterocycles. The van der Waals surface area contributed by atoms with Gasteiger partial charge in [-0.05, 0) is 47.8 Å². The fourth-order valence-corrected chi connectivity index (χ4v) is 3.50. The van der Waals surface area contributed by atoms with Crippen molar-refractivity contribution in [2.75, 3.05) is 5.75 Å². The van der Waals surface area contributed by atoms with E-state index < -0.39 is 0 Å². The van der Waals surface area contributed by atoms with Crippen molar-refractivity contribution in [3.05, 3.63) is 29.3 Å². The number of thioether (sulfide) groups is 1. The third-order valence-electron chi connectivity index (χ3n) is 3.49. The van der Waals surface area contributed by atoms with Gasteiger partial charge in [-0.2, -0.15) is 0 Å². The molecule has 1 aliphatic heterocycles. The van der Waals surface area contributed by atoms with Crippen LogP contribution in [0.15, 0.2) is 23.1 Å². The summed E-state index contributed by atoms with van der Waals surface area (Å²) in [5, 5.41) is 0. The largest absolute Gasteiger partial charge is 0.126 e. The maximum atomic E-state index is 5.46. The van der Waals surface area contributed by atoms with Crippen LogP contribution in [0.1, 0.15) is 37.8 Å². The number of fused-ring (bicyclic) bond motifs is 1. The molecule has 1 aliphatic rings. The number of hydrogen-bond donors (Lipinski definition) is 0. The van der Waals surface area contributed by atoms with Crippen molar-refractivity contribution in [2.24, 2.45) is 0 Å². The summed E-state index contributed by atoms with van der Waals surface area (Å²) in [4.78, 5) is 1.42. The van der Waals surface area contributed by atoms with Crippen LogP contribution in [0.2, 0.25) is 0 Å². The van der Waals surface area contributed by atoms with Gasteiger partial charge in [-0.25, -0.2) is 0 Å². The van der Waals surface area contributed by atoms with Crippen LogP contribution in [0.5, 0.6) is 0 Å². The standard InChI is InChI=1S/C14H16S/c1-4-11-6-7-13-12(10-11)14(3,5-2)8-9-15-13/h1,6-7,10H,5,8-9H2,2-3H3. The van der Waals surface area contributed by atoms with Gasteiger partial charge in [-0.15, -0.1) is 18.2 Å². The lowest BCUT2D eigenvalue weighted by Gasteiger charge is -2.34. The highest BCUT2D eigenvalue weighted by Gasteiger charge is 2.30. The summed E-state index contributed by atoms with van der Waals surface area (Å²) in [5.41, 5.74) is 2.79. The summed E-state index contributed by atoms with van der Waals surface area (Å²) in [6, 6.07) is 6.43. The van der Waals surface area contributed by atoms with Gasteiger partial charge < -0.3 is 0 Å². The molecule has 1 aromatic carbocycles. The van der Waals surface area contributed by atoms with E-state index in [-0.39, 0.29) is 0 Å². The molecule has 1 unspecified atom stereocenters. The van der Waals surface area contributed by atoms with Crippen LogP contribution in [0, 0.1) is 12.3 Å². The normalized spacial score (nSPS) is 24.3. The number of terminal acetylenes is 1. The second-order valence-corrected chi connectivity index (χ2v) is 5.50. The molecule has 0 N–H and O–H groups in total. The van der Waals surface area contributed by atoms with Crippen molar-refractivity contribution in [3.63, 3.8) is 0 Å². The quantitative estimate of drug-likeness (QED) is 0.643. The van der Waals surface area contributed by atoms with Crippen LogP contribution in [0.4, 0.5) is 0 Å². The van der Waals surface area contributed by atoms with Gasteiger partial charge >= 0.3 is 0 Å². The molecule has 0 spiro atoms. The van der Waals surface area contributed by atoms with E-state index in [2.05, 4.69) is 31.9 Å². The van der Waals surface area contributed by atoms with Crippen molar-refractivity contribution in [1.82, 2.24) is 0 Å². The minimum Gasteiger partial charge on any atom is -0.126 e. The highest BCUT2D eigenvalue weighted by molar-refractivity contribution is 7.99. The van der Waals surface area contributed by atoms with Crippen molar-refractivity contribution in [3.8, 4) is 12.3 Å². The van der Waals surface area contributed by atoms with E-state index in [0.717, 1.165) is 5.56 Å². The van der Waals surface area contributed by atoms with E-state index >= 15 is 0 Å². The second-order valence-electron chi connectivity index (χ2n) is 4.37. The van der Waals surface area contributed by atoms with Gasteiger partial charge in [-0.3, -0.25) is 0 Å². The fraction of sp³-hybridized carbons (Fsp3) is 0.429. The van der Waals surface area contributed by atoms with Crippen LogP contribution in [-0.4, -0.2) is 5.75 Å². The van der Waals surface area contributed by atoms with Crippen molar-refractivity contribution in [1.29, 1.82) is 0 Å². The Kier molecular flexibility index (Phi) is 2.80. The Labute approximate surface area is 96.5 Å². The van der Waals surface area contributed by atoms with Crippen molar-refractivity contribution in [2.45, 2.75) is 37.0 Å². The third kappa shape index (κ3) is 1.79. The lowest BCUT2D eigenvalue weighted by Crippen LogP contribution is -2.25. The Morgan fingerprint density at radius 1 is 1.53 bits per heavy atom. The molecule has 0 saturated heterocycles. The molecule has 0 bridgehead atoms. The Morgan fingerprint density at radius 3 is 3.00 bits per heavy atom. The average molecular weight is 216 g/mol. The smallest absolute Gasteiger partial charge is 0.0246 e. The topological polar surface area (TPSA) is 0 Å². The first-order valence-electron chi connectivity index (χ1n) is 5.43. The van der Waals surface area contributed by atoms with E-state index in [4.69, 9.17) is 6.42 Å². The summed E-state index contributed by atoms with van der Waals surface area (Å²) in [7, 11) is 0. The van der Waals surface area contributed by atoms with Gasteiger partial charge in [-0.1, -0.05) is 19.8 Å². The van der Waals surface area contributed by atoms with Crippen LogP contribution in [0.25, 0.3) is 0 Å². The van der Waals surface area contributed by atoms with Gasteiger partial charge in [0.2, 0.25) is 0 Å². The molecule has 0 aliphatic carbocycles. The molecule has 0 nitrogen and oxygen atoms in total. The van der Waals surface area contributed by atoms with Gasteiger partial charge in [0.15, 0.2) is 0 Å². The van der Waals surface area contributed by atoms with Gasteiger partial charge in [0.1, 0.15) is 0 Å². The summed E-state index contributed by atoms with van der Waals surface area (Å²) < 4.78 is 0. The van der Waals surface area contributed by atoms with Crippen molar-refractivity contribution >= 4 is 11.8 Å². The van der Waals surface area contributed by atoms with Gasteiger partial charge in [0.25, 0.3) is 0 Å². The minimum atomic E-state index is 0.327. The summed E-state index contributed by atoms with van der Waals surface area (Å²) in [5.74, 6) is 3.96. The molecule has 1 atom stereocenters. The molecule has 15 heavy (non-hydrogen) atoms. The van der Waals surface area contributed by atoms with Gasteiger partial charge in [0.05, 0.1) is 0 Å². The molecule has 0 saturated carbocycles. The van der Waals surface area contributed by atoms with Crippen molar-refractivity contribution < 1.29 is 0 Å². The number of rotatable bonds is 1. The van der Waals surface area contributed by atoms with Crippen LogP contribution < -0.4 is 0 Å². The molecule has 0 aromatic heterocycles. The molecule has 0 radical (unpaired) electrons. The van der Waals surface area contributed by atoms with E-state index in [0.29, 0.717) is 5.41 Å². The maximum Gasteiger partial charge on any atom is 0.0246 e. The first-order chi connectivity index (χ1) is 7.19. The summed E-state index contributed by atoms with van der Waals surface area (Å²) in [6.07, 6.45) is 7.90. The molecular weight excluding hydrogens is 200 g/mol. The predicted octanol–water partition coefficient (Wildman–Crippen LogP) is 3.83. The SMILES string of the molecule is C#Cc1ccc2c(c1)C(C)(CC)CCS2. The van der Waals surface area contributed by atoms with E-state index in [1.807, 2.05) is 17.8 Å². The second kappa shape index (κ2) is 3.94. The zero-order chi connectivity index (χ0) is 10.9. The molecule has 2 rings (SSSR count). The number of benzene rings is 1. The van der Waals surface area contributed by atoms with Crippen LogP contribution in [0.3, 0.4) is 0 Å². The van der Waals surface area contributed by atoms with Gasteiger partial charge in [0, 0.05) is 10.5 Å². The van der Waals surface area contributed by atoms with Crippen LogP contribution in [-0.2, 0) is 5.41 Å². The Balaban J connectivity index is 2.54. The predicted molar refractivity (Wildman–Crippen MR) is 67.4 cm³/mol. The monoisotopic (exact) mass is 216 g/mol. The minimum absolute atomic E-state index is 0.327. The molecule has 1 heteroatoms. The first kappa shape index (κ1) is 10.6. The first-order valence-corrected chi connectivity index (χ1v) is 6.42. The third-order valence-corrected chi connectivity index (χ3v) is 4.56. The summed E-state index contributed by atoms with van der Waals surface area (Å²) in [6.45, 7) is 4.62. The molecule has 78 valence electrons. The lowest BCUT2D eigenvalue weighted by molar-refractivity contribution is 0.429. The van der Waals surface area contributed by atoms with Crippen LogP contribution >= 0.6 is 11.8 Å². The molecular formula is C14H16S. The molecule has 0 fully saturated rings. The van der Waals surface area contributed by atoms with E-state index in [1.54, 1.807) is 0 Å². The zero-order valence-corrected chi connectivity index (χ0v) is 10.2. The highest BCUT2D eigenvalue weighted by Crippen LogP contribution is 2.43. The van der Waals surface area contributed by atoms with E-state index in [9.17, 15) is 0 Å². The van der Waals surface area contributed by atoms with E-state index in [1.165, 1.54) is 29.1 Å². The average Bonchev–Trinajstić information content (AvgIpc) is 2.29. The maximum absolute atomic E-state index is 5.46.